The van der Waals surface area contributed by atoms with E-state index in [9.17, 15) is 5.11 Å². The Morgan fingerprint density at radius 3 is 1.89 bits per heavy atom. The van der Waals surface area contributed by atoms with E-state index in [0.717, 1.165) is 38.9 Å². The molecule has 6 nitrogen and oxygen atoms in total. The molecule has 0 saturated carbocycles. The fourth-order valence-corrected chi connectivity index (χ4v) is 6.88. The highest BCUT2D eigenvalue weighted by molar-refractivity contribution is 6.01. The predicted molar refractivity (Wildman–Crippen MR) is 216 cm³/mol. The van der Waals surface area contributed by atoms with Crippen molar-refractivity contribution in [3.63, 3.8) is 0 Å². The number of benzene rings is 6. The van der Waals surface area contributed by atoms with Crippen LogP contribution < -0.4 is 10.1 Å². The first-order valence-corrected chi connectivity index (χ1v) is 18.5. The minimum absolute atomic E-state index is 0.0662. The highest BCUT2D eigenvalue weighted by Crippen LogP contribution is 2.43. The molecule has 6 heteroatoms. The SMILES string of the molecule is O=C(NCC(c1ccccc1)c1ccccc1)[C@]1(C/C=C/c2ccccc2)N=C(c2ccc(OCCCO)cc2)O[C@@H]1c1ccc(-c2ccccc2)cc1. The molecule has 1 aliphatic rings. The normalized spacial score (nSPS) is 16.6. The van der Waals surface area contributed by atoms with Crippen LogP contribution in [0.25, 0.3) is 17.2 Å². The molecule has 0 spiro atoms. The molecule has 6 aromatic rings. The van der Waals surface area contributed by atoms with Gasteiger partial charge < -0.3 is 19.9 Å². The molecule has 0 fully saturated rings. The average Bonchev–Trinajstić information content (AvgIpc) is 3.63. The van der Waals surface area contributed by atoms with Gasteiger partial charge in [0.15, 0.2) is 11.6 Å². The summed E-state index contributed by atoms with van der Waals surface area (Å²) in [5.41, 5.74) is 5.70. The predicted octanol–water partition coefficient (Wildman–Crippen LogP) is 9.42. The van der Waals surface area contributed by atoms with Crippen molar-refractivity contribution in [1.29, 1.82) is 0 Å². The lowest BCUT2D eigenvalue weighted by Crippen LogP contribution is -2.49. The lowest BCUT2D eigenvalue weighted by molar-refractivity contribution is -0.128. The number of aliphatic imine (C=N–C) groups is 1. The summed E-state index contributed by atoms with van der Waals surface area (Å²) in [7, 11) is 0. The number of ether oxygens (including phenoxy) is 2. The molecule has 0 aromatic heterocycles. The third-order valence-electron chi connectivity index (χ3n) is 9.76. The molecule has 1 aliphatic heterocycles. The molecule has 2 atom stereocenters. The summed E-state index contributed by atoms with van der Waals surface area (Å²) in [6, 6.07) is 56.6. The Morgan fingerprint density at radius 1 is 0.722 bits per heavy atom. The highest BCUT2D eigenvalue weighted by Gasteiger charge is 2.52. The van der Waals surface area contributed by atoms with Crippen LogP contribution in [0.5, 0.6) is 5.75 Å². The van der Waals surface area contributed by atoms with E-state index in [2.05, 4.69) is 53.8 Å². The molecule has 6 aromatic carbocycles. The Kier molecular flexibility index (Phi) is 11.7. The smallest absolute Gasteiger partial charge is 0.252 e. The largest absolute Gasteiger partial charge is 0.494 e. The first kappa shape index (κ1) is 36.1. The lowest BCUT2D eigenvalue weighted by atomic mass is 9.83. The van der Waals surface area contributed by atoms with Gasteiger partial charge in [0.05, 0.1) is 6.61 Å². The second kappa shape index (κ2) is 17.5. The first-order valence-electron chi connectivity index (χ1n) is 18.5. The number of carbonyl (C=O) groups is 1. The lowest BCUT2D eigenvalue weighted by Gasteiger charge is -2.31. The molecular weight excluding hydrogens is 669 g/mol. The van der Waals surface area contributed by atoms with E-state index in [-0.39, 0.29) is 18.4 Å². The molecule has 1 heterocycles. The van der Waals surface area contributed by atoms with E-state index in [1.807, 2.05) is 133 Å². The first-order chi connectivity index (χ1) is 26.6. The molecule has 1 amide bonds. The zero-order chi connectivity index (χ0) is 37.0. The number of hydrogen-bond acceptors (Lipinski definition) is 5. The van der Waals surface area contributed by atoms with Gasteiger partial charge in [-0.15, -0.1) is 0 Å². The maximum absolute atomic E-state index is 15.1. The average molecular weight is 713 g/mol. The Balaban J connectivity index is 1.28. The second-order valence-corrected chi connectivity index (χ2v) is 13.4. The van der Waals surface area contributed by atoms with Crippen molar-refractivity contribution < 1.29 is 19.4 Å². The molecule has 0 aliphatic carbocycles. The van der Waals surface area contributed by atoms with Gasteiger partial charge in [0.1, 0.15) is 5.75 Å². The van der Waals surface area contributed by atoms with Crippen molar-refractivity contribution >= 4 is 17.9 Å². The van der Waals surface area contributed by atoms with Crippen LogP contribution in [-0.2, 0) is 9.53 Å². The van der Waals surface area contributed by atoms with Gasteiger partial charge in [-0.2, -0.15) is 0 Å². The van der Waals surface area contributed by atoms with Crippen LogP contribution in [0.4, 0.5) is 0 Å². The van der Waals surface area contributed by atoms with Crippen LogP contribution >= 0.6 is 0 Å². The van der Waals surface area contributed by atoms with E-state index in [1.165, 1.54) is 0 Å². The summed E-state index contributed by atoms with van der Waals surface area (Å²) >= 11 is 0. The molecule has 0 radical (unpaired) electrons. The number of amides is 1. The number of aliphatic hydroxyl groups is 1. The number of rotatable bonds is 15. The molecule has 0 unspecified atom stereocenters. The fraction of sp³-hybridized carbons (Fsp3) is 0.167. The van der Waals surface area contributed by atoms with Crippen LogP contribution in [0.2, 0.25) is 0 Å². The van der Waals surface area contributed by atoms with Crippen LogP contribution in [0.15, 0.2) is 181 Å². The number of nitrogens with zero attached hydrogens (tertiary/aromatic N) is 1. The summed E-state index contributed by atoms with van der Waals surface area (Å²) in [5.74, 6) is 0.788. The molecule has 54 heavy (non-hydrogen) atoms. The number of carbonyl (C=O) groups excluding carboxylic acids is 1. The van der Waals surface area contributed by atoms with Crippen LogP contribution in [0, 0.1) is 0 Å². The molecule has 0 bridgehead atoms. The Bertz CT molecular complexity index is 2100. The van der Waals surface area contributed by atoms with Gasteiger partial charge in [0.25, 0.3) is 5.91 Å². The summed E-state index contributed by atoms with van der Waals surface area (Å²) in [6.45, 7) is 0.858. The Morgan fingerprint density at radius 2 is 1.28 bits per heavy atom. The van der Waals surface area contributed by atoms with Crippen molar-refractivity contribution in [2.75, 3.05) is 19.8 Å². The van der Waals surface area contributed by atoms with Crippen molar-refractivity contribution in [3.8, 4) is 16.9 Å². The zero-order valence-corrected chi connectivity index (χ0v) is 30.1. The molecule has 270 valence electrons. The highest BCUT2D eigenvalue weighted by atomic mass is 16.5. The zero-order valence-electron chi connectivity index (χ0n) is 30.1. The number of hydrogen-bond donors (Lipinski definition) is 2. The monoisotopic (exact) mass is 712 g/mol. The van der Waals surface area contributed by atoms with Gasteiger partial charge in [-0.3, -0.25) is 4.79 Å². The van der Waals surface area contributed by atoms with Crippen molar-refractivity contribution in [3.05, 3.63) is 204 Å². The van der Waals surface area contributed by atoms with E-state index in [0.29, 0.717) is 37.6 Å². The van der Waals surface area contributed by atoms with E-state index >= 15 is 4.79 Å². The fourth-order valence-electron chi connectivity index (χ4n) is 6.88. The number of aliphatic hydroxyl groups excluding tert-OH is 1. The van der Waals surface area contributed by atoms with Crippen LogP contribution in [-0.4, -0.2) is 42.2 Å². The Hall–Kier alpha value is -6.24. The third kappa shape index (κ3) is 8.52. The van der Waals surface area contributed by atoms with Crippen LogP contribution in [0.3, 0.4) is 0 Å². The van der Waals surface area contributed by atoms with Gasteiger partial charge >= 0.3 is 0 Å². The number of nitrogens with one attached hydrogen (secondary N) is 1. The third-order valence-corrected chi connectivity index (χ3v) is 9.76. The van der Waals surface area contributed by atoms with Gasteiger partial charge in [-0.05, 0) is 57.6 Å². The van der Waals surface area contributed by atoms with Crippen molar-refractivity contribution in [2.45, 2.75) is 30.4 Å². The van der Waals surface area contributed by atoms with Crippen molar-refractivity contribution in [2.24, 2.45) is 4.99 Å². The second-order valence-electron chi connectivity index (χ2n) is 13.4. The van der Waals surface area contributed by atoms with E-state index < -0.39 is 11.6 Å². The van der Waals surface area contributed by atoms with E-state index in [4.69, 9.17) is 14.5 Å². The summed E-state index contributed by atoms with van der Waals surface area (Å²) < 4.78 is 12.6. The van der Waals surface area contributed by atoms with Gasteiger partial charge in [0, 0.05) is 37.5 Å². The van der Waals surface area contributed by atoms with Gasteiger partial charge in [0.2, 0.25) is 5.90 Å². The van der Waals surface area contributed by atoms with Gasteiger partial charge in [-0.1, -0.05) is 158 Å². The standard InChI is InChI=1S/C48H44N2O4/c51-33-14-34-53-43-30-28-42(29-31-43)46-50-48(32-13-17-36-15-5-1-6-16-36,45(54-46)41-26-24-38(25-27-41)37-18-7-2-8-19-37)47(52)49-35-44(39-20-9-3-10-21-39)40-22-11-4-12-23-40/h1-13,15-31,44-45,51H,14,32-35H2,(H,49,52)/b17-13+/t45-,48-/m1/s1. The van der Waals surface area contributed by atoms with Gasteiger partial charge in [-0.25, -0.2) is 4.99 Å². The van der Waals surface area contributed by atoms with Crippen molar-refractivity contribution in [1.82, 2.24) is 5.32 Å². The quantitative estimate of drug-likeness (QED) is 0.104. The Labute approximate surface area is 317 Å². The summed E-state index contributed by atoms with van der Waals surface area (Å²) in [4.78, 5) is 20.3. The topological polar surface area (TPSA) is 80.2 Å². The molecular formula is C48H44N2O4. The minimum Gasteiger partial charge on any atom is -0.494 e. The molecule has 7 rings (SSSR count). The van der Waals surface area contributed by atoms with Crippen LogP contribution in [0.1, 0.15) is 52.7 Å². The summed E-state index contributed by atoms with van der Waals surface area (Å²) in [6.07, 6.45) is 4.19. The van der Waals surface area contributed by atoms with E-state index in [1.54, 1.807) is 0 Å². The summed E-state index contributed by atoms with van der Waals surface area (Å²) in [5, 5.41) is 12.5. The maximum atomic E-state index is 15.1. The minimum atomic E-state index is -1.33. The maximum Gasteiger partial charge on any atom is 0.252 e. The molecule has 2 N–H and O–H groups in total. The molecule has 0 saturated heterocycles.